The number of piperazine rings is 1. The highest BCUT2D eigenvalue weighted by Crippen LogP contribution is 2.14. The van der Waals surface area contributed by atoms with Crippen LogP contribution in [0, 0.1) is 5.92 Å². The van der Waals surface area contributed by atoms with Crippen molar-refractivity contribution in [2.75, 3.05) is 39.3 Å². The van der Waals surface area contributed by atoms with Crippen LogP contribution >= 0.6 is 0 Å². The summed E-state index contributed by atoms with van der Waals surface area (Å²) in [5.74, 6) is 0.601. The van der Waals surface area contributed by atoms with Crippen LogP contribution in [0.2, 0.25) is 0 Å². The Bertz CT molecular complexity index is 246. The molecule has 0 atom stereocenters. The first-order valence-electron chi connectivity index (χ1n) is 7.94. The molecule has 0 radical (unpaired) electrons. The zero-order valence-corrected chi connectivity index (χ0v) is 12.7. The number of nitrogens with zero attached hydrogens (tertiary/aromatic N) is 2. The highest BCUT2D eigenvalue weighted by atomic mass is 16.2. The lowest BCUT2D eigenvalue weighted by molar-refractivity contribution is -0.137. The van der Waals surface area contributed by atoms with E-state index < -0.39 is 0 Å². The zero-order valence-electron chi connectivity index (χ0n) is 12.7. The minimum Gasteiger partial charge on any atom is -0.340 e. The van der Waals surface area contributed by atoms with E-state index in [2.05, 4.69) is 23.6 Å². The van der Waals surface area contributed by atoms with E-state index in [9.17, 15) is 4.79 Å². The number of amides is 1. The fraction of sp³-hybridized carbons (Fsp3) is 0.933. The van der Waals surface area contributed by atoms with Gasteiger partial charge in [-0.15, -0.1) is 0 Å². The van der Waals surface area contributed by atoms with Crippen molar-refractivity contribution in [2.24, 2.45) is 11.7 Å². The third-order valence-electron chi connectivity index (χ3n) is 4.20. The van der Waals surface area contributed by atoms with Crippen molar-refractivity contribution in [2.45, 2.75) is 46.0 Å². The fourth-order valence-electron chi connectivity index (χ4n) is 2.74. The SMILES string of the molecule is CCC(CC)C(=O)N1CCN(CCCCCN)CC1. The molecule has 0 aliphatic carbocycles. The van der Waals surface area contributed by atoms with Gasteiger partial charge >= 0.3 is 0 Å². The summed E-state index contributed by atoms with van der Waals surface area (Å²) >= 11 is 0. The summed E-state index contributed by atoms with van der Waals surface area (Å²) in [7, 11) is 0. The Kier molecular flexibility index (Phi) is 8.07. The molecule has 1 saturated heterocycles. The molecule has 0 saturated carbocycles. The van der Waals surface area contributed by atoms with Gasteiger partial charge in [0.15, 0.2) is 0 Å². The molecule has 0 aromatic heterocycles. The third kappa shape index (κ3) is 5.49. The molecule has 0 unspecified atom stereocenters. The molecule has 4 nitrogen and oxygen atoms in total. The molecule has 19 heavy (non-hydrogen) atoms. The first-order valence-corrected chi connectivity index (χ1v) is 7.94. The van der Waals surface area contributed by atoms with Gasteiger partial charge in [0.2, 0.25) is 5.91 Å². The highest BCUT2D eigenvalue weighted by molar-refractivity contribution is 5.78. The maximum atomic E-state index is 12.3. The molecule has 1 aliphatic rings. The summed E-state index contributed by atoms with van der Waals surface area (Å²) in [5.41, 5.74) is 5.50. The Balaban J connectivity index is 2.22. The second-order valence-electron chi connectivity index (χ2n) is 5.53. The van der Waals surface area contributed by atoms with E-state index in [1.54, 1.807) is 0 Å². The largest absolute Gasteiger partial charge is 0.340 e. The summed E-state index contributed by atoms with van der Waals surface area (Å²) in [6.07, 6.45) is 5.53. The molecule has 1 amide bonds. The Hall–Kier alpha value is -0.610. The minimum atomic E-state index is 0.233. The molecule has 112 valence electrons. The highest BCUT2D eigenvalue weighted by Gasteiger charge is 2.24. The molecule has 0 aromatic carbocycles. The molecule has 4 heteroatoms. The second-order valence-corrected chi connectivity index (χ2v) is 5.53. The average Bonchev–Trinajstić information content (AvgIpc) is 2.45. The Morgan fingerprint density at radius 1 is 1.05 bits per heavy atom. The number of hydrogen-bond donors (Lipinski definition) is 1. The number of unbranched alkanes of at least 4 members (excludes halogenated alkanes) is 2. The van der Waals surface area contributed by atoms with Crippen LogP contribution in [0.5, 0.6) is 0 Å². The van der Waals surface area contributed by atoms with E-state index in [4.69, 9.17) is 5.73 Å². The molecule has 1 heterocycles. The molecule has 1 aliphatic heterocycles. The van der Waals surface area contributed by atoms with Crippen LogP contribution in [-0.2, 0) is 4.79 Å². The second kappa shape index (κ2) is 9.32. The molecule has 0 aromatic rings. The van der Waals surface area contributed by atoms with Crippen LogP contribution < -0.4 is 5.73 Å². The van der Waals surface area contributed by atoms with Crippen molar-refractivity contribution in [1.82, 2.24) is 9.80 Å². The predicted octanol–water partition coefficient (Wildman–Crippen LogP) is 1.70. The van der Waals surface area contributed by atoms with Crippen molar-refractivity contribution >= 4 is 5.91 Å². The van der Waals surface area contributed by atoms with Crippen LogP contribution in [0.3, 0.4) is 0 Å². The summed E-state index contributed by atoms with van der Waals surface area (Å²) in [6.45, 7) is 10.1. The van der Waals surface area contributed by atoms with Gasteiger partial charge in [0.25, 0.3) is 0 Å². The average molecular weight is 269 g/mol. The molecular formula is C15H31N3O. The van der Waals surface area contributed by atoms with Crippen LogP contribution in [0.25, 0.3) is 0 Å². The topological polar surface area (TPSA) is 49.6 Å². The number of carbonyl (C=O) groups excluding carboxylic acids is 1. The zero-order chi connectivity index (χ0) is 14.1. The smallest absolute Gasteiger partial charge is 0.225 e. The van der Waals surface area contributed by atoms with Crippen LogP contribution in [0.1, 0.15) is 46.0 Å². The van der Waals surface area contributed by atoms with E-state index in [-0.39, 0.29) is 5.92 Å². The normalized spacial score (nSPS) is 17.2. The van der Waals surface area contributed by atoms with E-state index in [1.807, 2.05) is 0 Å². The van der Waals surface area contributed by atoms with Crippen molar-refractivity contribution in [1.29, 1.82) is 0 Å². The minimum absolute atomic E-state index is 0.233. The van der Waals surface area contributed by atoms with Gasteiger partial charge in [-0.2, -0.15) is 0 Å². The van der Waals surface area contributed by atoms with Gasteiger partial charge < -0.3 is 10.6 Å². The lowest BCUT2D eigenvalue weighted by Gasteiger charge is -2.36. The Morgan fingerprint density at radius 3 is 2.21 bits per heavy atom. The third-order valence-corrected chi connectivity index (χ3v) is 4.20. The molecular weight excluding hydrogens is 238 g/mol. The van der Waals surface area contributed by atoms with Gasteiger partial charge in [0.1, 0.15) is 0 Å². The Labute approximate surface area is 118 Å². The predicted molar refractivity (Wildman–Crippen MR) is 80.0 cm³/mol. The first kappa shape index (κ1) is 16.4. The van der Waals surface area contributed by atoms with Gasteiger partial charge in [-0.1, -0.05) is 20.3 Å². The molecule has 1 rings (SSSR count). The van der Waals surface area contributed by atoms with Crippen molar-refractivity contribution in [3.8, 4) is 0 Å². The Morgan fingerprint density at radius 2 is 1.68 bits per heavy atom. The lowest BCUT2D eigenvalue weighted by Crippen LogP contribution is -2.50. The van der Waals surface area contributed by atoms with E-state index in [0.29, 0.717) is 5.91 Å². The molecule has 1 fully saturated rings. The van der Waals surface area contributed by atoms with E-state index in [1.165, 1.54) is 12.8 Å². The number of rotatable bonds is 8. The molecule has 2 N–H and O–H groups in total. The van der Waals surface area contributed by atoms with Gasteiger partial charge in [-0.3, -0.25) is 9.69 Å². The standard InChI is InChI=1S/C15H31N3O/c1-3-14(4-2)15(19)18-12-10-17(11-13-18)9-7-5-6-8-16/h14H,3-13,16H2,1-2H3. The van der Waals surface area contributed by atoms with Crippen LogP contribution in [-0.4, -0.2) is 55.0 Å². The fourth-order valence-corrected chi connectivity index (χ4v) is 2.74. The van der Waals surface area contributed by atoms with Crippen LogP contribution in [0.4, 0.5) is 0 Å². The maximum absolute atomic E-state index is 12.3. The lowest BCUT2D eigenvalue weighted by atomic mass is 10.0. The van der Waals surface area contributed by atoms with Gasteiger partial charge in [0, 0.05) is 32.1 Å². The summed E-state index contributed by atoms with van der Waals surface area (Å²) in [4.78, 5) is 16.8. The summed E-state index contributed by atoms with van der Waals surface area (Å²) in [6, 6.07) is 0. The van der Waals surface area contributed by atoms with Gasteiger partial charge in [0.05, 0.1) is 0 Å². The quantitative estimate of drug-likeness (QED) is 0.682. The van der Waals surface area contributed by atoms with Crippen molar-refractivity contribution < 1.29 is 4.79 Å². The van der Waals surface area contributed by atoms with Crippen LogP contribution in [0.15, 0.2) is 0 Å². The van der Waals surface area contributed by atoms with Gasteiger partial charge in [-0.05, 0) is 38.8 Å². The summed E-state index contributed by atoms with van der Waals surface area (Å²) in [5, 5.41) is 0. The van der Waals surface area contributed by atoms with E-state index in [0.717, 1.165) is 58.5 Å². The maximum Gasteiger partial charge on any atom is 0.225 e. The van der Waals surface area contributed by atoms with Crippen molar-refractivity contribution in [3.63, 3.8) is 0 Å². The number of hydrogen-bond acceptors (Lipinski definition) is 3. The number of carbonyl (C=O) groups is 1. The molecule has 0 spiro atoms. The number of nitrogens with two attached hydrogens (primary N) is 1. The van der Waals surface area contributed by atoms with Crippen molar-refractivity contribution in [3.05, 3.63) is 0 Å². The van der Waals surface area contributed by atoms with E-state index >= 15 is 0 Å². The molecule has 0 bridgehead atoms. The summed E-state index contributed by atoms with van der Waals surface area (Å²) < 4.78 is 0. The monoisotopic (exact) mass is 269 g/mol. The first-order chi connectivity index (χ1) is 9.22. The van der Waals surface area contributed by atoms with Gasteiger partial charge in [-0.25, -0.2) is 0 Å².